The first-order valence-corrected chi connectivity index (χ1v) is 3.21. The van der Waals surface area contributed by atoms with Gasteiger partial charge in [0.2, 0.25) is 11.8 Å². The van der Waals surface area contributed by atoms with Gasteiger partial charge in [-0.2, -0.15) is 0 Å². The smallest absolute Gasteiger partial charge is 0.232 e. The van der Waals surface area contributed by atoms with Gasteiger partial charge in [0.15, 0.2) is 0 Å². The van der Waals surface area contributed by atoms with Crippen molar-refractivity contribution in [2.45, 2.75) is 6.42 Å². The van der Waals surface area contributed by atoms with Crippen molar-refractivity contribution in [3.63, 3.8) is 0 Å². The van der Waals surface area contributed by atoms with Crippen LogP contribution in [0.1, 0.15) is 6.42 Å². The Morgan fingerprint density at radius 2 is 2.18 bits per heavy atom. The van der Waals surface area contributed by atoms with Crippen LogP contribution in [0.3, 0.4) is 0 Å². The van der Waals surface area contributed by atoms with Crippen LogP contribution in [0.2, 0.25) is 0 Å². The highest BCUT2D eigenvalue weighted by Crippen LogP contribution is 1.89. The zero-order valence-corrected chi connectivity index (χ0v) is 6.54. The molecule has 0 aromatic carbocycles. The highest BCUT2D eigenvalue weighted by atomic mass is 16.2. The van der Waals surface area contributed by atoms with Crippen LogP contribution in [0.25, 0.3) is 0 Å². The van der Waals surface area contributed by atoms with E-state index >= 15 is 0 Å². The monoisotopic (exact) mass is 156 g/mol. The summed E-state index contributed by atoms with van der Waals surface area (Å²) >= 11 is 0. The molecule has 0 aliphatic rings. The van der Waals surface area contributed by atoms with E-state index in [0.29, 0.717) is 6.54 Å². The molecule has 2 amide bonds. The van der Waals surface area contributed by atoms with Gasteiger partial charge in [-0.1, -0.05) is 6.08 Å². The Labute approximate surface area is 65.7 Å². The molecule has 0 bridgehead atoms. The minimum Gasteiger partial charge on any atom is -0.369 e. The topological polar surface area (TPSA) is 63.4 Å². The van der Waals surface area contributed by atoms with Gasteiger partial charge in [0.05, 0.1) is 0 Å². The van der Waals surface area contributed by atoms with Crippen molar-refractivity contribution in [3.05, 3.63) is 12.7 Å². The van der Waals surface area contributed by atoms with Crippen molar-refractivity contribution in [1.29, 1.82) is 0 Å². The average molecular weight is 156 g/mol. The van der Waals surface area contributed by atoms with Gasteiger partial charge in [0.1, 0.15) is 6.42 Å². The lowest BCUT2D eigenvalue weighted by Gasteiger charge is -2.12. The molecule has 0 rings (SSSR count). The summed E-state index contributed by atoms with van der Waals surface area (Å²) in [5.41, 5.74) is 4.82. The molecule has 0 saturated carbocycles. The molecule has 0 aromatic heterocycles. The Balaban J connectivity index is 3.82. The van der Waals surface area contributed by atoms with E-state index in [1.165, 1.54) is 4.90 Å². The lowest BCUT2D eigenvalue weighted by atomic mass is 10.3. The Kier molecular flexibility index (Phi) is 3.95. The van der Waals surface area contributed by atoms with E-state index in [9.17, 15) is 9.59 Å². The van der Waals surface area contributed by atoms with Crippen LogP contribution < -0.4 is 5.73 Å². The highest BCUT2D eigenvalue weighted by Gasteiger charge is 2.09. The van der Waals surface area contributed by atoms with Crippen molar-refractivity contribution in [2.24, 2.45) is 5.73 Å². The molecule has 62 valence electrons. The van der Waals surface area contributed by atoms with Gasteiger partial charge in [0, 0.05) is 13.6 Å². The van der Waals surface area contributed by atoms with Crippen LogP contribution in [-0.4, -0.2) is 30.3 Å². The van der Waals surface area contributed by atoms with E-state index in [2.05, 4.69) is 6.58 Å². The van der Waals surface area contributed by atoms with Gasteiger partial charge in [-0.15, -0.1) is 6.58 Å². The fraction of sp³-hybridized carbons (Fsp3) is 0.429. The third kappa shape index (κ3) is 4.13. The van der Waals surface area contributed by atoms with Crippen LogP contribution >= 0.6 is 0 Å². The summed E-state index contributed by atoms with van der Waals surface area (Å²) in [6.07, 6.45) is 1.35. The molecule has 11 heavy (non-hydrogen) atoms. The van der Waals surface area contributed by atoms with Gasteiger partial charge in [-0.05, 0) is 0 Å². The summed E-state index contributed by atoms with van der Waals surface area (Å²) in [6.45, 7) is 3.89. The third-order valence-corrected chi connectivity index (χ3v) is 1.15. The molecule has 0 heterocycles. The quantitative estimate of drug-likeness (QED) is 0.441. The normalized spacial score (nSPS) is 8.82. The standard InChI is InChI=1S/C7H12N2O2/c1-3-4-9(2)7(11)5-6(8)10/h3H,1,4-5H2,2H3,(H2,8,10). The predicted octanol–water partition coefficient (Wildman–Crippen LogP) is -0.494. The first-order chi connectivity index (χ1) is 5.07. The van der Waals surface area contributed by atoms with Gasteiger partial charge in [-0.25, -0.2) is 0 Å². The molecule has 0 aromatic rings. The van der Waals surface area contributed by atoms with E-state index in [1.54, 1.807) is 13.1 Å². The summed E-state index contributed by atoms with van der Waals surface area (Å²) in [5, 5.41) is 0. The van der Waals surface area contributed by atoms with Crippen LogP contribution in [0.15, 0.2) is 12.7 Å². The Bertz CT molecular complexity index is 177. The fourth-order valence-corrected chi connectivity index (χ4v) is 0.579. The lowest BCUT2D eigenvalue weighted by molar-refractivity contribution is -0.133. The number of primary amides is 1. The minimum atomic E-state index is -0.606. The van der Waals surface area contributed by atoms with E-state index < -0.39 is 5.91 Å². The third-order valence-electron chi connectivity index (χ3n) is 1.15. The summed E-state index contributed by atoms with van der Waals surface area (Å²) in [5.74, 6) is -0.886. The zero-order valence-electron chi connectivity index (χ0n) is 6.54. The van der Waals surface area contributed by atoms with Crippen LogP contribution in [0.4, 0.5) is 0 Å². The van der Waals surface area contributed by atoms with Crippen LogP contribution in [0.5, 0.6) is 0 Å². The number of nitrogens with zero attached hydrogens (tertiary/aromatic N) is 1. The van der Waals surface area contributed by atoms with E-state index in [4.69, 9.17) is 5.73 Å². The van der Waals surface area contributed by atoms with Gasteiger partial charge < -0.3 is 10.6 Å². The number of hydrogen-bond donors (Lipinski definition) is 1. The van der Waals surface area contributed by atoms with Gasteiger partial charge in [-0.3, -0.25) is 9.59 Å². The maximum Gasteiger partial charge on any atom is 0.232 e. The molecule has 0 aliphatic carbocycles. The number of nitrogens with two attached hydrogens (primary N) is 1. The molecule has 2 N–H and O–H groups in total. The molecule has 0 spiro atoms. The number of carbonyl (C=O) groups is 2. The second kappa shape index (κ2) is 4.49. The average Bonchev–Trinajstić information content (AvgIpc) is 1.86. The van der Waals surface area contributed by atoms with Crippen molar-refractivity contribution < 1.29 is 9.59 Å². The molecule has 0 saturated heterocycles. The molecule has 4 heteroatoms. The van der Waals surface area contributed by atoms with Crippen molar-refractivity contribution in [3.8, 4) is 0 Å². The van der Waals surface area contributed by atoms with E-state index in [1.807, 2.05) is 0 Å². The number of rotatable bonds is 4. The van der Waals surface area contributed by atoms with E-state index in [0.717, 1.165) is 0 Å². The molecule has 0 radical (unpaired) electrons. The van der Waals surface area contributed by atoms with Crippen LogP contribution in [-0.2, 0) is 9.59 Å². The summed E-state index contributed by atoms with van der Waals surface area (Å²) in [7, 11) is 1.59. The first-order valence-electron chi connectivity index (χ1n) is 3.21. The number of likely N-dealkylation sites (N-methyl/N-ethyl adjacent to an activating group) is 1. The molecule has 4 nitrogen and oxygen atoms in total. The molecule has 0 aliphatic heterocycles. The predicted molar refractivity (Wildman–Crippen MR) is 41.6 cm³/mol. The van der Waals surface area contributed by atoms with Gasteiger partial charge in [0.25, 0.3) is 0 Å². The second-order valence-electron chi connectivity index (χ2n) is 2.21. The number of hydrogen-bond acceptors (Lipinski definition) is 2. The maximum atomic E-state index is 10.9. The zero-order chi connectivity index (χ0) is 8.85. The van der Waals surface area contributed by atoms with Crippen molar-refractivity contribution in [1.82, 2.24) is 4.90 Å². The molecular formula is C7H12N2O2. The Morgan fingerprint density at radius 1 is 1.64 bits per heavy atom. The van der Waals surface area contributed by atoms with Crippen molar-refractivity contribution in [2.75, 3.05) is 13.6 Å². The summed E-state index contributed by atoms with van der Waals surface area (Å²) in [4.78, 5) is 22.6. The molecule has 0 unspecified atom stereocenters. The molecule has 0 fully saturated rings. The fourth-order valence-electron chi connectivity index (χ4n) is 0.579. The summed E-state index contributed by atoms with van der Waals surface area (Å²) in [6, 6.07) is 0. The molecular weight excluding hydrogens is 144 g/mol. The largest absolute Gasteiger partial charge is 0.369 e. The number of amides is 2. The SMILES string of the molecule is C=CCN(C)C(=O)CC(N)=O. The van der Waals surface area contributed by atoms with E-state index in [-0.39, 0.29) is 12.3 Å². The van der Waals surface area contributed by atoms with Crippen LogP contribution in [0, 0.1) is 0 Å². The Morgan fingerprint density at radius 3 is 2.55 bits per heavy atom. The number of carbonyl (C=O) groups excluding carboxylic acids is 2. The highest BCUT2D eigenvalue weighted by molar-refractivity contribution is 5.95. The lowest BCUT2D eigenvalue weighted by Crippen LogP contribution is -2.30. The van der Waals surface area contributed by atoms with Gasteiger partial charge >= 0.3 is 0 Å². The minimum absolute atomic E-state index is 0.232. The molecule has 0 atom stereocenters. The van der Waals surface area contributed by atoms with Crippen molar-refractivity contribution >= 4 is 11.8 Å². The maximum absolute atomic E-state index is 10.9. The Hall–Kier alpha value is -1.32. The first kappa shape index (κ1) is 9.68. The second-order valence-corrected chi connectivity index (χ2v) is 2.21. The summed E-state index contributed by atoms with van der Waals surface area (Å²) < 4.78 is 0.